The first-order chi connectivity index (χ1) is 6.65. The molecular formula is C10H17N3O. The van der Waals surface area contributed by atoms with Gasteiger partial charge in [-0.15, -0.1) is 0 Å². The van der Waals surface area contributed by atoms with Crippen LogP contribution in [0.2, 0.25) is 0 Å². The minimum Gasteiger partial charge on any atom is -0.355 e. The van der Waals surface area contributed by atoms with Gasteiger partial charge in [0.1, 0.15) is 0 Å². The van der Waals surface area contributed by atoms with Crippen molar-refractivity contribution in [2.75, 3.05) is 19.6 Å². The van der Waals surface area contributed by atoms with Gasteiger partial charge >= 0.3 is 0 Å². The average molecular weight is 195 g/mol. The molecule has 1 aliphatic rings. The molecule has 0 aliphatic carbocycles. The minimum absolute atomic E-state index is 0.0703. The standard InChI is InChI=1S/C10H17N3O/c1-7(3-11)4-13-10(14)9-6-12-5-8(9)2/h7-9,12H,4-6H2,1-2H3,(H,13,14)/t7?,8-,9-/m1/s1. The van der Waals surface area contributed by atoms with E-state index in [4.69, 9.17) is 5.26 Å². The number of hydrogen-bond acceptors (Lipinski definition) is 3. The Morgan fingerprint density at radius 2 is 2.43 bits per heavy atom. The number of nitriles is 1. The molecule has 1 saturated heterocycles. The number of nitrogens with one attached hydrogen (secondary N) is 2. The van der Waals surface area contributed by atoms with Crippen molar-refractivity contribution in [2.24, 2.45) is 17.8 Å². The number of carbonyl (C=O) groups excluding carboxylic acids is 1. The first-order valence-electron chi connectivity index (χ1n) is 5.03. The lowest BCUT2D eigenvalue weighted by Crippen LogP contribution is -2.36. The summed E-state index contributed by atoms with van der Waals surface area (Å²) in [7, 11) is 0. The molecule has 1 unspecified atom stereocenters. The molecular weight excluding hydrogens is 178 g/mol. The second kappa shape index (κ2) is 4.97. The fraction of sp³-hybridized carbons (Fsp3) is 0.800. The summed E-state index contributed by atoms with van der Waals surface area (Å²) in [6.07, 6.45) is 0. The first-order valence-corrected chi connectivity index (χ1v) is 5.03. The van der Waals surface area contributed by atoms with E-state index in [1.807, 2.05) is 0 Å². The third-order valence-electron chi connectivity index (χ3n) is 2.66. The zero-order valence-corrected chi connectivity index (χ0v) is 8.71. The van der Waals surface area contributed by atoms with Crippen LogP contribution >= 0.6 is 0 Å². The molecule has 0 aromatic heterocycles. The molecule has 78 valence electrons. The van der Waals surface area contributed by atoms with Gasteiger partial charge in [0.2, 0.25) is 5.91 Å². The van der Waals surface area contributed by atoms with Crippen LogP contribution in [0.1, 0.15) is 13.8 Å². The SMILES string of the molecule is CC(C#N)CNC(=O)[C@@H]1CNC[C@H]1C. The molecule has 1 aliphatic heterocycles. The summed E-state index contributed by atoms with van der Waals surface area (Å²) in [6, 6.07) is 2.09. The summed E-state index contributed by atoms with van der Waals surface area (Å²) in [5, 5.41) is 14.5. The van der Waals surface area contributed by atoms with Crippen molar-refractivity contribution in [3.05, 3.63) is 0 Å². The topological polar surface area (TPSA) is 64.9 Å². The summed E-state index contributed by atoms with van der Waals surface area (Å²) in [4.78, 5) is 11.6. The highest BCUT2D eigenvalue weighted by molar-refractivity contribution is 5.79. The second-order valence-electron chi connectivity index (χ2n) is 4.02. The van der Waals surface area contributed by atoms with Crippen molar-refractivity contribution in [2.45, 2.75) is 13.8 Å². The lowest BCUT2D eigenvalue weighted by atomic mass is 9.97. The zero-order valence-electron chi connectivity index (χ0n) is 8.71. The van der Waals surface area contributed by atoms with E-state index in [9.17, 15) is 4.79 Å². The van der Waals surface area contributed by atoms with Gasteiger partial charge in [0.25, 0.3) is 0 Å². The molecule has 14 heavy (non-hydrogen) atoms. The van der Waals surface area contributed by atoms with E-state index in [1.54, 1.807) is 6.92 Å². The van der Waals surface area contributed by atoms with E-state index in [0.29, 0.717) is 12.5 Å². The summed E-state index contributed by atoms with van der Waals surface area (Å²) >= 11 is 0. The summed E-state index contributed by atoms with van der Waals surface area (Å²) in [5.74, 6) is 0.432. The number of carbonyl (C=O) groups is 1. The van der Waals surface area contributed by atoms with Gasteiger partial charge in [-0.1, -0.05) is 6.92 Å². The smallest absolute Gasteiger partial charge is 0.224 e. The summed E-state index contributed by atoms with van der Waals surface area (Å²) in [5.41, 5.74) is 0. The fourth-order valence-electron chi connectivity index (χ4n) is 1.59. The van der Waals surface area contributed by atoms with Gasteiger partial charge < -0.3 is 10.6 Å². The Labute approximate surface area is 84.7 Å². The number of amides is 1. The van der Waals surface area contributed by atoms with Crippen molar-refractivity contribution >= 4 is 5.91 Å². The van der Waals surface area contributed by atoms with Gasteiger partial charge in [-0.25, -0.2) is 0 Å². The Morgan fingerprint density at radius 3 is 2.93 bits per heavy atom. The van der Waals surface area contributed by atoms with E-state index in [1.165, 1.54) is 0 Å². The molecule has 0 aromatic carbocycles. The Kier molecular flexibility index (Phi) is 3.90. The molecule has 0 radical (unpaired) electrons. The van der Waals surface area contributed by atoms with Crippen LogP contribution in [-0.2, 0) is 4.79 Å². The van der Waals surface area contributed by atoms with E-state index in [0.717, 1.165) is 13.1 Å². The maximum Gasteiger partial charge on any atom is 0.224 e. The normalized spacial score (nSPS) is 28.1. The van der Waals surface area contributed by atoms with Crippen molar-refractivity contribution < 1.29 is 4.79 Å². The summed E-state index contributed by atoms with van der Waals surface area (Å²) in [6.45, 7) is 5.99. The van der Waals surface area contributed by atoms with Crippen LogP contribution in [0.5, 0.6) is 0 Å². The minimum atomic E-state index is -0.108. The van der Waals surface area contributed by atoms with E-state index in [2.05, 4.69) is 23.6 Å². The number of nitrogens with zero attached hydrogens (tertiary/aromatic N) is 1. The molecule has 4 heteroatoms. The third-order valence-corrected chi connectivity index (χ3v) is 2.66. The predicted octanol–water partition coefficient (Wildman–Crippen LogP) is 0.118. The monoisotopic (exact) mass is 195 g/mol. The first kappa shape index (κ1) is 11.0. The second-order valence-corrected chi connectivity index (χ2v) is 4.02. The lowest BCUT2D eigenvalue weighted by molar-refractivity contribution is -0.125. The van der Waals surface area contributed by atoms with Crippen molar-refractivity contribution in [1.82, 2.24) is 10.6 Å². The molecule has 3 atom stereocenters. The fourth-order valence-corrected chi connectivity index (χ4v) is 1.59. The molecule has 1 rings (SSSR count). The van der Waals surface area contributed by atoms with Gasteiger partial charge in [-0.05, 0) is 19.4 Å². The quantitative estimate of drug-likeness (QED) is 0.672. The van der Waals surface area contributed by atoms with Crippen LogP contribution in [0.3, 0.4) is 0 Å². The lowest BCUT2D eigenvalue weighted by Gasteiger charge is -2.14. The van der Waals surface area contributed by atoms with E-state index < -0.39 is 0 Å². The third kappa shape index (κ3) is 2.71. The molecule has 1 amide bonds. The predicted molar refractivity (Wildman–Crippen MR) is 53.3 cm³/mol. The Hall–Kier alpha value is -1.08. The highest BCUT2D eigenvalue weighted by Gasteiger charge is 2.29. The van der Waals surface area contributed by atoms with Crippen molar-refractivity contribution in [3.63, 3.8) is 0 Å². The van der Waals surface area contributed by atoms with Gasteiger partial charge in [0.05, 0.1) is 17.9 Å². The maximum atomic E-state index is 11.6. The molecule has 0 saturated carbocycles. The van der Waals surface area contributed by atoms with Crippen LogP contribution in [0.4, 0.5) is 0 Å². The maximum absolute atomic E-state index is 11.6. The van der Waals surface area contributed by atoms with Crippen LogP contribution < -0.4 is 10.6 Å². The molecule has 0 spiro atoms. The van der Waals surface area contributed by atoms with Gasteiger partial charge in [0.15, 0.2) is 0 Å². The van der Waals surface area contributed by atoms with Gasteiger partial charge in [0, 0.05) is 13.1 Å². The number of hydrogen-bond donors (Lipinski definition) is 2. The highest BCUT2D eigenvalue weighted by atomic mass is 16.1. The molecule has 2 N–H and O–H groups in total. The van der Waals surface area contributed by atoms with Gasteiger partial charge in [-0.2, -0.15) is 5.26 Å². The number of rotatable bonds is 3. The molecule has 4 nitrogen and oxygen atoms in total. The Balaban J connectivity index is 2.32. The summed E-state index contributed by atoms with van der Waals surface area (Å²) < 4.78 is 0. The average Bonchev–Trinajstić information content (AvgIpc) is 2.60. The Morgan fingerprint density at radius 1 is 1.71 bits per heavy atom. The molecule has 0 bridgehead atoms. The van der Waals surface area contributed by atoms with E-state index in [-0.39, 0.29) is 17.7 Å². The van der Waals surface area contributed by atoms with Gasteiger partial charge in [-0.3, -0.25) is 4.79 Å². The van der Waals surface area contributed by atoms with Crippen LogP contribution in [0.25, 0.3) is 0 Å². The van der Waals surface area contributed by atoms with Crippen molar-refractivity contribution in [1.29, 1.82) is 5.26 Å². The van der Waals surface area contributed by atoms with Crippen LogP contribution in [-0.4, -0.2) is 25.5 Å². The Bertz CT molecular complexity index is 246. The largest absolute Gasteiger partial charge is 0.355 e. The van der Waals surface area contributed by atoms with Crippen LogP contribution in [0.15, 0.2) is 0 Å². The molecule has 1 fully saturated rings. The zero-order chi connectivity index (χ0) is 10.6. The van der Waals surface area contributed by atoms with Crippen LogP contribution in [0, 0.1) is 29.1 Å². The molecule has 0 aromatic rings. The van der Waals surface area contributed by atoms with Crippen molar-refractivity contribution in [3.8, 4) is 6.07 Å². The molecule has 1 heterocycles. The van der Waals surface area contributed by atoms with E-state index >= 15 is 0 Å². The highest BCUT2D eigenvalue weighted by Crippen LogP contribution is 2.15.